The zero-order valence-electron chi connectivity index (χ0n) is 18.4. The SMILES string of the molecule is Cc1c(C2C3CCC2CN(Cc2ccccc2)C3)cccc1N(Cc1cnc[nH]1)C(=O)O. The molecule has 2 atom stereocenters. The van der Waals surface area contributed by atoms with E-state index in [1.165, 1.54) is 28.9 Å². The fourth-order valence-corrected chi connectivity index (χ4v) is 5.89. The lowest BCUT2D eigenvalue weighted by Gasteiger charge is -2.39. The highest BCUT2D eigenvalue weighted by molar-refractivity contribution is 5.87. The largest absolute Gasteiger partial charge is 0.465 e. The molecule has 2 N–H and O–H groups in total. The Labute approximate surface area is 188 Å². The van der Waals surface area contributed by atoms with Crippen LogP contribution in [0.4, 0.5) is 10.5 Å². The minimum atomic E-state index is -0.944. The summed E-state index contributed by atoms with van der Waals surface area (Å²) in [6, 6.07) is 16.9. The first-order valence-corrected chi connectivity index (χ1v) is 11.4. The molecule has 2 bridgehead atoms. The maximum absolute atomic E-state index is 12.1. The summed E-state index contributed by atoms with van der Waals surface area (Å²) in [6.45, 7) is 5.58. The smallest absolute Gasteiger partial charge is 0.412 e. The standard InChI is InChI=1S/C26H30N4O2/c1-18-23(8-5-9-24(18)30(26(31)32)16-22-12-27-17-28-22)25-20-10-11-21(25)15-29(14-20)13-19-6-3-2-4-7-19/h2-9,12,17,20-21,25H,10-11,13-16H2,1H3,(H,27,28)(H,31,32). The average Bonchev–Trinajstić information content (AvgIpc) is 3.39. The van der Waals surface area contributed by atoms with Gasteiger partial charge in [-0.1, -0.05) is 42.5 Å². The third-order valence-corrected chi connectivity index (χ3v) is 7.27. The van der Waals surface area contributed by atoms with E-state index in [0.717, 1.165) is 36.6 Å². The lowest BCUT2D eigenvalue weighted by Crippen LogP contribution is -2.40. The lowest BCUT2D eigenvalue weighted by atomic mass is 9.78. The van der Waals surface area contributed by atoms with Crippen LogP contribution in [0.3, 0.4) is 0 Å². The number of hydrogen-bond acceptors (Lipinski definition) is 3. The maximum Gasteiger partial charge on any atom is 0.412 e. The van der Waals surface area contributed by atoms with Gasteiger partial charge in [0.25, 0.3) is 0 Å². The molecule has 3 aromatic rings. The van der Waals surface area contributed by atoms with Crippen LogP contribution in [-0.4, -0.2) is 39.2 Å². The number of anilines is 1. The normalized spacial score (nSPS) is 22.7. The number of benzene rings is 2. The Morgan fingerprint density at radius 1 is 1.12 bits per heavy atom. The number of nitrogens with one attached hydrogen (secondary N) is 1. The van der Waals surface area contributed by atoms with E-state index in [2.05, 4.69) is 58.2 Å². The Bertz CT molecular complexity index is 1050. The summed E-state index contributed by atoms with van der Waals surface area (Å²) < 4.78 is 0. The van der Waals surface area contributed by atoms with Crippen molar-refractivity contribution in [3.05, 3.63) is 83.4 Å². The topological polar surface area (TPSA) is 72.5 Å². The van der Waals surface area contributed by atoms with Crippen molar-refractivity contribution in [3.8, 4) is 0 Å². The summed E-state index contributed by atoms with van der Waals surface area (Å²) in [7, 11) is 0. The predicted octanol–water partition coefficient (Wildman–Crippen LogP) is 5.03. The van der Waals surface area contributed by atoms with Crippen LogP contribution in [0.5, 0.6) is 0 Å². The Hall–Kier alpha value is -3.12. The van der Waals surface area contributed by atoms with Gasteiger partial charge in [0.2, 0.25) is 0 Å². The minimum Gasteiger partial charge on any atom is -0.465 e. The fraction of sp³-hybridized carbons (Fsp3) is 0.385. The predicted molar refractivity (Wildman–Crippen MR) is 125 cm³/mol. The van der Waals surface area contributed by atoms with Crippen LogP contribution in [0.25, 0.3) is 0 Å². The summed E-state index contributed by atoms with van der Waals surface area (Å²) in [5.74, 6) is 1.75. The summed E-state index contributed by atoms with van der Waals surface area (Å²) in [4.78, 5) is 23.2. The van der Waals surface area contributed by atoms with Crippen molar-refractivity contribution < 1.29 is 9.90 Å². The van der Waals surface area contributed by atoms with Crippen molar-refractivity contribution in [2.45, 2.75) is 38.8 Å². The quantitative estimate of drug-likeness (QED) is 0.575. The van der Waals surface area contributed by atoms with E-state index in [1.807, 2.05) is 12.1 Å². The van der Waals surface area contributed by atoms with Gasteiger partial charge in [-0.3, -0.25) is 9.80 Å². The molecule has 2 unspecified atom stereocenters. The van der Waals surface area contributed by atoms with Crippen LogP contribution in [0.1, 0.15) is 41.1 Å². The molecule has 1 saturated carbocycles. The zero-order valence-corrected chi connectivity index (χ0v) is 18.4. The van der Waals surface area contributed by atoms with Crippen LogP contribution >= 0.6 is 0 Å². The van der Waals surface area contributed by atoms with Crippen molar-refractivity contribution in [3.63, 3.8) is 0 Å². The molecule has 32 heavy (non-hydrogen) atoms. The number of fused-ring (bicyclic) bond motifs is 2. The number of piperidine rings is 1. The molecule has 6 heteroatoms. The van der Waals surface area contributed by atoms with Crippen molar-refractivity contribution in [2.75, 3.05) is 18.0 Å². The second-order valence-corrected chi connectivity index (χ2v) is 9.24. The third-order valence-electron chi connectivity index (χ3n) is 7.27. The molecule has 2 fully saturated rings. The Balaban J connectivity index is 1.38. The summed E-state index contributed by atoms with van der Waals surface area (Å²) >= 11 is 0. The molecule has 6 nitrogen and oxygen atoms in total. The average molecular weight is 431 g/mol. The van der Waals surface area contributed by atoms with E-state index < -0.39 is 6.09 Å². The second kappa shape index (κ2) is 8.79. The number of carboxylic acid groups (broad SMARTS) is 1. The van der Waals surface area contributed by atoms with Crippen LogP contribution in [-0.2, 0) is 13.1 Å². The molecule has 1 aliphatic heterocycles. The van der Waals surface area contributed by atoms with Crippen LogP contribution in [0.2, 0.25) is 0 Å². The number of imidazole rings is 1. The van der Waals surface area contributed by atoms with E-state index in [-0.39, 0.29) is 6.54 Å². The Morgan fingerprint density at radius 3 is 2.53 bits per heavy atom. The molecular formula is C26H30N4O2. The number of rotatable bonds is 6. The van der Waals surface area contributed by atoms with Crippen LogP contribution < -0.4 is 4.90 Å². The van der Waals surface area contributed by atoms with Gasteiger partial charge in [-0.15, -0.1) is 0 Å². The number of hydrogen-bond donors (Lipinski definition) is 2. The first kappa shape index (κ1) is 20.8. The summed E-state index contributed by atoms with van der Waals surface area (Å²) in [6.07, 6.45) is 4.82. The van der Waals surface area contributed by atoms with Gasteiger partial charge in [0.05, 0.1) is 24.3 Å². The number of carbonyl (C=O) groups is 1. The van der Waals surface area contributed by atoms with Gasteiger partial charge in [-0.2, -0.15) is 0 Å². The van der Waals surface area contributed by atoms with Crippen molar-refractivity contribution in [1.29, 1.82) is 0 Å². The molecule has 166 valence electrons. The number of H-pyrrole nitrogens is 1. The van der Waals surface area contributed by atoms with Gasteiger partial charge in [-0.05, 0) is 60.3 Å². The third kappa shape index (κ3) is 4.02. The summed E-state index contributed by atoms with van der Waals surface area (Å²) in [5, 5.41) is 9.93. The van der Waals surface area contributed by atoms with E-state index in [4.69, 9.17) is 0 Å². The molecule has 1 aliphatic carbocycles. The maximum atomic E-state index is 12.1. The summed E-state index contributed by atoms with van der Waals surface area (Å²) in [5.41, 5.74) is 5.35. The number of aromatic amines is 1. The Morgan fingerprint density at radius 2 is 1.88 bits per heavy atom. The van der Waals surface area contributed by atoms with Crippen LogP contribution in [0.15, 0.2) is 61.1 Å². The van der Waals surface area contributed by atoms with E-state index >= 15 is 0 Å². The van der Waals surface area contributed by atoms with Crippen LogP contribution in [0, 0.1) is 18.8 Å². The van der Waals surface area contributed by atoms with E-state index in [0.29, 0.717) is 17.8 Å². The zero-order chi connectivity index (χ0) is 22.1. The van der Waals surface area contributed by atoms with Gasteiger partial charge >= 0.3 is 6.09 Å². The van der Waals surface area contributed by atoms with Gasteiger partial charge < -0.3 is 10.1 Å². The highest BCUT2D eigenvalue weighted by atomic mass is 16.4. The lowest BCUT2D eigenvalue weighted by molar-refractivity contribution is 0.138. The molecule has 2 heterocycles. The molecule has 0 spiro atoms. The van der Waals surface area contributed by atoms with Crippen molar-refractivity contribution in [2.24, 2.45) is 11.8 Å². The molecule has 1 amide bonds. The van der Waals surface area contributed by atoms with Crippen molar-refractivity contribution >= 4 is 11.8 Å². The van der Waals surface area contributed by atoms with Gasteiger partial charge in [-0.25, -0.2) is 9.78 Å². The number of aromatic nitrogens is 2. The van der Waals surface area contributed by atoms with Crippen molar-refractivity contribution in [1.82, 2.24) is 14.9 Å². The highest BCUT2D eigenvalue weighted by Crippen LogP contribution is 2.49. The molecular weight excluding hydrogens is 400 g/mol. The first-order chi connectivity index (χ1) is 15.6. The second-order valence-electron chi connectivity index (χ2n) is 9.24. The van der Waals surface area contributed by atoms with Gasteiger partial charge in [0.15, 0.2) is 0 Å². The Kier molecular flexibility index (Phi) is 5.70. The first-order valence-electron chi connectivity index (χ1n) is 11.4. The number of amides is 1. The fourth-order valence-electron chi connectivity index (χ4n) is 5.89. The molecule has 1 aromatic heterocycles. The van der Waals surface area contributed by atoms with E-state index in [9.17, 15) is 9.90 Å². The van der Waals surface area contributed by atoms with E-state index in [1.54, 1.807) is 12.5 Å². The molecule has 2 aliphatic rings. The molecule has 5 rings (SSSR count). The number of likely N-dealkylation sites (tertiary alicyclic amines) is 1. The monoisotopic (exact) mass is 430 g/mol. The molecule has 0 radical (unpaired) electrons. The minimum absolute atomic E-state index is 0.266. The molecule has 2 aromatic carbocycles. The molecule has 1 saturated heterocycles. The van der Waals surface area contributed by atoms with Gasteiger partial charge in [0, 0.05) is 25.8 Å². The highest BCUT2D eigenvalue weighted by Gasteiger charge is 2.43. The number of nitrogens with zero attached hydrogens (tertiary/aromatic N) is 3. The van der Waals surface area contributed by atoms with Gasteiger partial charge in [0.1, 0.15) is 0 Å².